The van der Waals surface area contributed by atoms with Crippen LogP contribution >= 0.6 is 0 Å². The van der Waals surface area contributed by atoms with E-state index in [0.717, 1.165) is 25.1 Å². The molecule has 1 aliphatic rings. The zero-order valence-electron chi connectivity index (χ0n) is 12.3. The zero-order valence-corrected chi connectivity index (χ0v) is 12.3. The standard InChI is InChI=1S/C18H21FN2/c1-13(15-7-4-5-9-17(15)19)21-18-10-11-20-12-14-6-2-3-8-16(14)18/h2-9,13,18,20-21H,10-12H2,1H3. The van der Waals surface area contributed by atoms with E-state index in [9.17, 15) is 4.39 Å². The molecule has 2 aromatic carbocycles. The molecule has 0 radical (unpaired) electrons. The third-order valence-electron chi connectivity index (χ3n) is 4.18. The van der Waals surface area contributed by atoms with Crippen molar-refractivity contribution in [2.45, 2.75) is 32.0 Å². The predicted octanol–water partition coefficient (Wildman–Crippen LogP) is 3.71. The Morgan fingerprint density at radius 3 is 2.76 bits per heavy atom. The smallest absolute Gasteiger partial charge is 0.127 e. The normalized spacial score (nSPS) is 19.6. The Labute approximate surface area is 125 Å². The van der Waals surface area contributed by atoms with Crippen molar-refractivity contribution in [1.82, 2.24) is 10.6 Å². The lowest BCUT2D eigenvalue weighted by Gasteiger charge is -2.24. The van der Waals surface area contributed by atoms with Crippen molar-refractivity contribution in [2.75, 3.05) is 6.54 Å². The van der Waals surface area contributed by atoms with Gasteiger partial charge in [-0.3, -0.25) is 0 Å². The first-order valence-electron chi connectivity index (χ1n) is 7.54. The molecule has 2 N–H and O–H groups in total. The number of hydrogen-bond donors (Lipinski definition) is 2. The molecule has 0 saturated heterocycles. The third-order valence-corrected chi connectivity index (χ3v) is 4.18. The van der Waals surface area contributed by atoms with E-state index in [-0.39, 0.29) is 17.9 Å². The molecule has 2 atom stereocenters. The summed E-state index contributed by atoms with van der Waals surface area (Å²) in [5.41, 5.74) is 3.38. The molecule has 21 heavy (non-hydrogen) atoms. The lowest BCUT2D eigenvalue weighted by atomic mass is 9.97. The van der Waals surface area contributed by atoms with Crippen LogP contribution in [0.4, 0.5) is 4.39 Å². The number of nitrogens with one attached hydrogen (secondary N) is 2. The molecule has 2 aromatic rings. The minimum Gasteiger partial charge on any atom is -0.313 e. The topological polar surface area (TPSA) is 24.1 Å². The molecule has 0 aliphatic carbocycles. The first-order chi connectivity index (χ1) is 10.3. The van der Waals surface area contributed by atoms with E-state index in [1.54, 1.807) is 6.07 Å². The fourth-order valence-corrected chi connectivity index (χ4v) is 3.05. The first-order valence-corrected chi connectivity index (χ1v) is 7.54. The summed E-state index contributed by atoms with van der Waals surface area (Å²) in [5.74, 6) is -0.141. The van der Waals surface area contributed by atoms with Crippen molar-refractivity contribution in [3.05, 3.63) is 71.0 Å². The zero-order chi connectivity index (χ0) is 14.7. The Bertz CT molecular complexity index is 612. The summed E-state index contributed by atoms with van der Waals surface area (Å²) in [6.07, 6.45) is 1.01. The Morgan fingerprint density at radius 2 is 1.90 bits per heavy atom. The summed E-state index contributed by atoms with van der Waals surface area (Å²) in [5, 5.41) is 7.04. The second kappa shape index (κ2) is 6.37. The summed E-state index contributed by atoms with van der Waals surface area (Å²) in [4.78, 5) is 0. The quantitative estimate of drug-likeness (QED) is 0.898. The van der Waals surface area contributed by atoms with Crippen LogP contribution < -0.4 is 10.6 Å². The van der Waals surface area contributed by atoms with Crippen molar-refractivity contribution in [3.8, 4) is 0 Å². The van der Waals surface area contributed by atoms with Gasteiger partial charge in [-0.1, -0.05) is 42.5 Å². The highest BCUT2D eigenvalue weighted by atomic mass is 19.1. The van der Waals surface area contributed by atoms with Crippen LogP contribution in [0.2, 0.25) is 0 Å². The predicted molar refractivity (Wildman–Crippen MR) is 83.5 cm³/mol. The highest BCUT2D eigenvalue weighted by Crippen LogP contribution is 2.27. The number of benzene rings is 2. The Morgan fingerprint density at radius 1 is 1.14 bits per heavy atom. The highest BCUT2D eigenvalue weighted by Gasteiger charge is 2.21. The van der Waals surface area contributed by atoms with E-state index >= 15 is 0 Å². The van der Waals surface area contributed by atoms with Crippen LogP contribution in [0, 0.1) is 5.82 Å². The van der Waals surface area contributed by atoms with Gasteiger partial charge < -0.3 is 10.6 Å². The molecule has 0 spiro atoms. The van der Waals surface area contributed by atoms with E-state index in [1.165, 1.54) is 17.2 Å². The van der Waals surface area contributed by atoms with Crippen LogP contribution in [-0.2, 0) is 6.54 Å². The Hall–Kier alpha value is -1.71. The van der Waals surface area contributed by atoms with Gasteiger partial charge in [0.1, 0.15) is 5.82 Å². The molecule has 0 amide bonds. The van der Waals surface area contributed by atoms with E-state index in [4.69, 9.17) is 0 Å². The second-order valence-electron chi connectivity index (χ2n) is 5.63. The summed E-state index contributed by atoms with van der Waals surface area (Å²) >= 11 is 0. The summed E-state index contributed by atoms with van der Waals surface area (Å²) in [6.45, 7) is 3.90. The maximum atomic E-state index is 13.9. The lowest BCUT2D eigenvalue weighted by Crippen LogP contribution is -2.26. The molecular formula is C18H21FN2. The Balaban J connectivity index is 1.83. The molecule has 1 heterocycles. The first kappa shape index (κ1) is 14.2. The molecule has 0 bridgehead atoms. The SMILES string of the molecule is CC(NC1CCNCc2ccccc21)c1ccccc1F. The Kier molecular flexibility index (Phi) is 4.32. The number of fused-ring (bicyclic) bond motifs is 1. The molecule has 1 aliphatic heterocycles. The average molecular weight is 284 g/mol. The molecule has 0 fully saturated rings. The molecule has 2 nitrogen and oxygen atoms in total. The van der Waals surface area contributed by atoms with Crippen LogP contribution in [0.5, 0.6) is 0 Å². The van der Waals surface area contributed by atoms with Gasteiger partial charge in [0.15, 0.2) is 0 Å². The molecule has 0 saturated carbocycles. The minimum absolute atomic E-state index is 0.0117. The number of rotatable bonds is 3. The monoisotopic (exact) mass is 284 g/mol. The van der Waals surface area contributed by atoms with E-state index in [0.29, 0.717) is 0 Å². The highest BCUT2D eigenvalue weighted by molar-refractivity contribution is 5.31. The van der Waals surface area contributed by atoms with Gasteiger partial charge in [-0.05, 0) is 37.1 Å². The van der Waals surface area contributed by atoms with Crippen LogP contribution in [-0.4, -0.2) is 6.54 Å². The molecule has 3 heteroatoms. The van der Waals surface area contributed by atoms with Gasteiger partial charge >= 0.3 is 0 Å². The van der Waals surface area contributed by atoms with E-state index in [1.807, 2.05) is 19.1 Å². The van der Waals surface area contributed by atoms with Crippen molar-refractivity contribution < 1.29 is 4.39 Å². The maximum Gasteiger partial charge on any atom is 0.127 e. The summed E-state index contributed by atoms with van der Waals surface area (Å²) < 4.78 is 13.9. The van der Waals surface area contributed by atoms with Crippen LogP contribution in [0.15, 0.2) is 48.5 Å². The third kappa shape index (κ3) is 3.14. The van der Waals surface area contributed by atoms with Crippen molar-refractivity contribution >= 4 is 0 Å². The van der Waals surface area contributed by atoms with Gasteiger partial charge in [0, 0.05) is 24.2 Å². The number of hydrogen-bond acceptors (Lipinski definition) is 2. The van der Waals surface area contributed by atoms with Crippen molar-refractivity contribution in [3.63, 3.8) is 0 Å². The van der Waals surface area contributed by atoms with Crippen LogP contribution in [0.1, 0.15) is 42.1 Å². The van der Waals surface area contributed by atoms with Gasteiger partial charge in [-0.2, -0.15) is 0 Å². The fraction of sp³-hybridized carbons (Fsp3) is 0.333. The fourth-order valence-electron chi connectivity index (χ4n) is 3.05. The van der Waals surface area contributed by atoms with E-state index in [2.05, 4.69) is 34.9 Å². The molecular weight excluding hydrogens is 263 g/mol. The molecule has 2 unspecified atom stereocenters. The molecule has 110 valence electrons. The van der Waals surface area contributed by atoms with Crippen molar-refractivity contribution in [2.24, 2.45) is 0 Å². The van der Waals surface area contributed by atoms with Gasteiger partial charge in [0.25, 0.3) is 0 Å². The second-order valence-corrected chi connectivity index (χ2v) is 5.63. The van der Waals surface area contributed by atoms with Crippen LogP contribution in [0.3, 0.4) is 0 Å². The van der Waals surface area contributed by atoms with Gasteiger partial charge in [0.2, 0.25) is 0 Å². The lowest BCUT2D eigenvalue weighted by molar-refractivity contribution is 0.432. The summed E-state index contributed by atoms with van der Waals surface area (Å²) in [6, 6.07) is 15.7. The van der Waals surface area contributed by atoms with Gasteiger partial charge in [-0.15, -0.1) is 0 Å². The average Bonchev–Trinajstić information content (AvgIpc) is 2.70. The number of halogens is 1. The minimum atomic E-state index is -0.141. The molecule has 3 rings (SSSR count). The van der Waals surface area contributed by atoms with E-state index < -0.39 is 0 Å². The van der Waals surface area contributed by atoms with Crippen LogP contribution in [0.25, 0.3) is 0 Å². The van der Waals surface area contributed by atoms with Gasteiger partial charge in [0.05, 0.1) is 0 Å². The van der Waals surface area contributed by atoms with Crippen molar-refractivity contribution in [1.29, 1.82) is 0 Å². The maximum absolute atomic E-state index is 13.9. The van der Waals surface area contributed by atoms with Gasteiger partial charge in [-0.25, -0.2) is 4.39 Å². The largest absolute Gasteiger partial charge is 0.313 e. The molecule has 0 aromatic heterocycles. The summed E-state index contributed by atoms with van der Waals surface area (Å²) in [7, 11) is 0.